The van der Waals surface area contributed by atoms with Crippen molar-refractivity contribution < 1.29 is 0 Å². The molecule has 0 nitrogen and oxygen atoms in total. The van der Waals surface area contributed by atoms with Gasteiger partial charge >= 0.3 is 0 Å². The number of fused-ring (bicyclic) bond motifs is 2. The molecule has 6 atom stereocenters. The summed E-state index contributed by atoms with van der Waals surface area (Å²) in [6.07, 6.45) is 8.83. The van der Waals surface area contributed by atoms with Crippen LogP contribution in [0.4, 0.5) is 0 Å². The monoisotopic (exact) mass is 264 g/mol. The van der Waals surface area contributed by atoms with Gasteiger partial charge in [-0.3, -0.25) is 0 Å². The molecule has 2 bridgehead atoms. The van der Waals surface area contributed by atoms with E-state index in [-0.39, 0.29) is 0 Å². The third kappa shape index (κ3) is 2.74. The molecule has 0 N–H and O–H groups in total. The van der Waals surface area contributed by atoms with Crippen LogP contribution < -0.4 is 0 Å². The molecule has 0 saturated heterocycles. The van der Waals surface area contributed by atoms with Crippen LogP contribution in [0.25, 0.3) is 0 Å². The van der Waals surface area contributed by atoms with Crippen molar-refractivity contribution in [2.24, 2.45) is 40.9 Å². The van der Waals surface area contributed by atoms with Gasteiger partial charge in [-0.1, -0.05) is 54.4 Å². The summed E-state index contributed by atoms with van der Waals surface area (Å²) in [6, 6.07) is 0. The highest BCUT2D eigenvalue weighted by Gasteiger charge is 2.53. The van der Waals surface area contributed by atoms with Gasteiger partial charge in [0.15, 0.2) is 0 Å². The quantitative estimate of drug-likeness (QED) is 0.570. The zero-order valence-corrected chi connectivity index (χ0v) is 14.2. The smallest absolute Gasteiger partial charge is 0.0264 e. The van der Waals surface area contributed by atoms with Crippen LogP contribution >= 0.6 is 0 Å². The van der Waals surface area contributed by atoms with E-state index in [2.05, 4.69) is 41.5 Å². The molecule has 0 aromatic heterocycles. The Balaban J connectivity index is 2.30. The van der Waals surface area contributed by atoms with Crippen molar-refractivity contribution in [3.63, 3.8) is 0 Å². The maximum absolute atomic E-state index is 2.66. The summed E-state index contributed by atoms with van der Waals surface area (Å²) in [5.41, 5.74) is 0.648. The summed E-state index contributed by atoms with van der Waals surface area (Å²) >= 11 is 0. The average Bonchev–Trinajstić information content (AvgIpc) is 2.35. The van der Waals surface area contributed by atoms with Gasteiger partial charge in [0.25, 0.3) is 0 Å². The van der Waals surface area contributed by atoms with E-state index < -0.39 is 0 Å². The maximum atomic E-state index is 2.66. The van der Waals surface area contributed by atoms with Gasteiger partial charge in [0.2, 0.25) is 0 Å². The highest BCUT2D eigenvalue weighted by atomic mass is 14.6. The molecule has 6 unspecified atom stereocenters. The SMILES string of the molecule is CCC1CC2C(C)CC(CC)C(C)(C1)C2CC(C)C. The number of hydrogen-bond donors (Lipinski definition) is 0. The second-order valence-electron chi connectivity index (χ2n) is 8.44. The molecule has 2 aliphatic rings. The van der Waals surface area contributed by atoms with E-state index >= 15 is 0 Å². The summed E-state index contributed by atoms with van der Waals surface area (Å²) in [5, 5.41) is 0. The van der Waals surface area contributed by atoms with Crippen molar-refractivity contribution in [1.29, 1.82) is 0 Å². The normalized spacial score (nSPS) is 46.6. The van der Waals surface area contributed by atoms with Crippen molar-refractivity contribution in [1.82, 2.24) is 0 Å². The van der Waals surface area contributed by atoms with Gasteiger partial charge in [0.05, 0.1) is 0 Å². The third-order valence-electron chi connectivity index (χ3n) is 6.81. The van der Waals surface area contributed by atoms with Crippen molar-refractivity contribution >= 4 is 0 Å². The third-order valence-corrected chi connectivity index (χ3v) is 6.81. The van der Waals surface area contributed by atoms with Crippen LogP contribution in [-0.4, -0.2) is 0 Å². The Labute approximate surface area is 121 Å². The fourth-order valence-electron chi connectivity index (χ4n) is 5.78. The second kappa shape index (κ2) is 5.78. The zero-order chi connectivity index (χ0) is 14.2. The second-order valence-corrected chi connectivity index (χ2v) is 8.44. The van der Waals surface area contributed by atoms with E-state index in [0.29, 0.717) is 5.41 Å². The molecule has 0 aliphatic heterocycles. The Morgan fingerprint density at radius 2 is 1.79 bits per heavy atom. The predicted molar refractivity (Wildman–Crippen MR) is 85.1 cm³/mol. The van der Waals surface area contributed by atoms with Crippen LogP contribution in [0.15, 0.2) is 0 Å². The van der Waals surface area contributed by atoms with Crippen LogP contribution in [0, 0.1) is 40.9 Å². The summed E-state index contributed by atoms with van der Waals surface area (Å²) in [7, 11) is 0. The summed E-state index contributed by atoms with van der Waals surface area (Å²) < 4.78 is 0. The molecule has 0 amide bonds. The first-order valence-corrected chi connectivity index (χ1v) is 8.92. The molecular formula is C19H36. The molecule has 2 aliphatic carbocycles. The molecule has 0 aromatic carbocycles. The molecule has 2 rings (SSSR count). The molecule has 2 fully saturated rings. The van der Waals surface area contributed by atoms with Crippen molar-refractivity contribution in [2.45, 2.75) is 80.1 Å². The van der Waals surface area contributed by atoms with Gasteiger partial charge in [-0.05, 0) is 66.6 Å². The summed E-state index contributed by atoms with van der Waals surface area (Å²) in [5.74, 6) is 5.86. The van der Waals surface area contributed by atoms with Gasteiger partial charge in [0, 0.05) is 0 Å². The summed E-state index contributed by atoms with van der Waals surface area (Å²) in [4.78, 5) is 0. The Bertz CT molecular complexity index is 292. The minimum Gasteiger partial charge on any atom is -0.0651 e. The number of hydrogen-bond acceptors (Lipinski definition) is 0. The largest absolute Gasteiger partial charge is 0.0651 e. The first-order valence-electron chi connectivity index (χ1n) is 8.92. The Morgan fingerprint density at radius 1 is 1.11 bits per heavy atom. The molecule has 2 saturated carbocycles. The van der Waals surface area contributed by atoms with Gasteiger partial charge in [-0.25, -0.2) is 0 Å². The summed E-state index contributed by atoms with van der Waals surface area (Å²) in [6.45, 7) is 14.9. The molecule has 0 spiro atoms. The zero-order valence-electron chi connectivity index (χ0n) is 14.2. The molecule has 0 heteroatoms. The van der Waals surface area contributed by atoms with Crippen LogP contribution in [0.5, 0.6) is 0 Å². The molecule has 112 valence electrons. The van der Waals surface area contributed by atoms with Crippen LogP contribution in [0.3, 0.4) is 0 Å². The molecule has 0 radical (unpaired) electrons. The van der Waals surface area contributed by atoms with Crippen molar-refractivity contribution in [3.05, 3.63) is 0 Å². The standard InChI is InChI=1S/C19H36/c1-7-15-11-17-14(5)10-16(8-2)19(6,12-15)18(17)9-13(3)4/h13-18H,7-12H2,1-6H3. The highest BCUT2D eigenvalue weighted by molar-refractivity contribution is 5.02. The van der Waals surface area contributed by atoms with Gasteiger partial charge < -0.3 is 0 Å². The highest BCUT2D eigenvalue weighted by Crippen LogP contribution is 2.61. The molecule has 19 heavy (non-hydrogen) atoms. The maximum Gasteiger partial charge on any atom is -0.0264 e. The number of rotatable bonds is 4. The Hall–Kier alpha value is 0. The first kappa shape index (κ1) is 15.4. The van der Waals surface area contributed by atoms with Gasteiger partial charge in [0.1, 0.15) is 0 Å². The lowest BCUT2D eigenvalue weighted by molar-refractivity contribution is -0.104. The minimum atomic E-state index is 0.648. The minimum absolute atomic E-state index is 0.648. The fraction of sp³-hybridized carbons (Fsp3) is 1.00. The van der Waals surface area contributed by atoms with Gasteiger partial charge in [-0.15, -0.1) is 0 Å². The van der Waals surface area contributed by atoms with E-state index in [9.17, 15) is 0 Å². The average molecular weight is 264 g/mol. The topological polar surface area (TPSA) is 0 Å². The molecular weight excluding hydrogens is 228 g/mol. The van der Waals surface area contributed by atoms with Crippen molar-refractivity contribution in [2.75, 3.05) is 0 Å². The predicted octanol–water partition coefficient (Wildman–Crippen LogP) is 6.16. The van der Waals surface area contributed by atoms with E-state index in [1.807, 2.05) is 0 Å². The fourth-order valence-corrected chi connectivity index (χ4v) is 5.78. The molecule has 0 heterocycles. The lowest BCUT2D eigenvalue weighted by atomic mass is 9.45. The van der Waals surface area contributed by atoms with Crippen molar-refractivity contribution in [3.8, 4) is 0 Å². The van der Waals surface area contributed by atoms with Gasteiger partial charge in [-0.2, -0.15) is 0 Å². The van der Waals surface area contributed by atoms with Crippen LogP contribution in [-0.2, 0) is 0 Å². The Kier molecular flexibility index (Phi) is 4.68. The van der Waals surface area contributed by atoms with Crippen LogP contribution in [0.2, 0.25) is 0 Å². The lowest BCUT2D eigenvalue weighted by Crippen LogP contribution is -2.52. The van der Waals surface area contributed by atoms with E-state index in [1.54, 1.807) is 0 Å². The lowest BCUT2D eigenvalue weighted by Gasteiger charge is -2.60. The van der Waals surface area contributed by atoms with E-state index in [4.69, 9.17) is 0 Å². The van der Waals surface area contributed by atoms with E-state index in [1.165, 1.54) is 38.5 Å². The van der Waals surface area contributed by atoms with E-state index in [0.717, 1.165) is 35.5 Å². The van der Waals surface area contributed by atoms with Crippen LogP contribution in [0.1, 0.15) is 80.1 Å². The Morgan fingerprint density at radius 3 is 2.32 bits per heavy atom. The molecule has 0 aromatic rings. The first-order chi connectivity index (χ1) is 8.92.